The largest absolute Gasteiger partial charge is 0.493 e. The first-order chi connectivity index (χ1) is 14.1. The van der Waals surface area contributed by atoms with E-state index in [0.29, 0.717) is 29.4 Å². The molecule has 0 fully saturated rings. The SMILES string of the molecule is CCCOc1ccc(Br)cc1/C=N\NC(=O)CNC(=O)c1ccc2c(c1)OCO2. The van der Waals surface area contributed by atoms with E-state index in [2.05, 4.69) is 31.8 Å². The van der Waals surface area contributed by atoms with Gasteiger partial charge in [-0.15, -0.1) is 0 Å². The van der Waals surface area contributed by atoms with Crippen LogP contribution in [0.25, 0.3) is 0 Å². The van der Waals surface area contributed by atoms with Crippen molar-refractivity contribution in [2.24, 2.45) is 5.10 Å². The molecule has 3 rings (SSSR count). The highest BCUT2D eigenvalue weighted by Gasteiger charge is 2.16. The minimum atomic E-state index is -0.457. The van der Waals surface area contributed by atoms with Crippen LogP contribution in [-0.2, 0) is 4.79 Å². The van der Waals surface area contributed by atoms with Crippen molar-refractivity contribution < 1.29 is 23.8 Å². The molecule has 9 heteroatoms. The average Bonchev–Trinajstić information content (AvgIpc) is 3.19. The highest BCUT2D eigenvalue weighted by molar-refractivity contribution is 9.10. The molecular formula is C20H20BrN3O5. The van der Waals surface area contributed by atoms with Crippen molar-refractivity contribution >= 4 is 34.0 Å². The summed E-state index contributed by atoms with van der Waals surface area (Å²) in [4.78, 5) is 24.1. The predicted octanol–water partition coefficient (Wildman–Crippen LogP) is 2.85. The Balaban J connectivity index is 1.51. The molecule has 0 spiro atoms. The number of benzene rings is 2. The van der Waals surface area contributed by atoms with Gasteiger partial charge in [0.15, 0.2) is 11.5 Å². The Morgan fingerprint density at radius 3 is 2.86 bits per heavy atom. The molecule has 0 atom stereocenters. The third-order valence-electron chi connectivity index (χ3n) is 3.87. The van der Waals surface area contributed by atoms with Crippen molar-refractivity contribution in [1.82, 2.24) is 10.7 Å². The molecule has 0 unspecified atom stereocenters. The maximum absolute atomic E-state index is 12.2. The van der Waals surface area contributed by atoms with Gasteiger partial charge >= 0.3 is 0 Å². The number of nitrogens with one attached hydrogen (secondary N) is 2. The molecule has 0 radical (unpaired) electrons. The molecule has 8 nitrogen and oxygen atoms in total. The van der Waals surface area contributed by atoms with Crippen LogP contribution in [0.4, 0.5) is 0 Å². The minimum Gasteiger partial charge on any atom is -0.493 e. The smallest absolute Gasteiger partial charge is 0.259 e. The van der Waals surface area contributed by atoms with Crippen LogP contribution in [0.3, 0.4) is 0 Å². The molecule has 2 N–H and O–H groups in total. The van der Waals surface area contributed by atoms with Crippen LogP contribution >= 0.6 is 15.9 Å². The van der Waals surface area contributed by atoms with Crippen molar-refractivity contribution in [3.05, 3.63) is 52.0 Å². The summed E-state index contributed by atoms with van der Waals surface area (Å²) in [5.74, 6) is 0.903. The van der Waals surface area contributed by atoms with Crippen LogP contribution in [0.2, 0.25) is 0 Å². The summed E-state index contributed by atoms with van der Waals surface area (Å²) in [7, 11) is 0. The Kier molecular flexibility index (Phi) is 7.07. The van der Waals surface area contributed by atoms with Crippen molar-refractivity contribution in [1.29, 1.82) is 0 Å². The molecular weight excluding hydrogens is 442 g/mol. The molecule has 0 saturated carbocycles. The third kappa shape index (κ3) is 5.71. The van der Waals surface area contributed by atoms with E-state index >= 15 is 0 Å². The van der Waals surface area contributed by atoms with E-state index in [1.54, 1.807) is 18.2 Å². The topological polar surface area (TPSA) is 98.2 Å². The van der Waals surface area contributed by atoms with E-state index in [9.17, 15) is 9.59 Å². The van der Waals surface area contributed by atoms with Gasteiger partial charge in [0.25, 0.3) is 11.8 Å². The van der Waals surface area contributed by atoms with E-state index in [1.807, 2.05) is 25.1 Å². The Hall–Kier alpha value is -3.07. The van der Waals surface area contributed by atoms with Gasteiger partial charge in [-0.2, -0.15) is 5.10 Å². The Morgan fingerprint density at radius 1 is 1.21 bits per heavy atom. The fourth-order valence-electron chi connectivity index (χ4n) is 2.48. The molecule has 2 amide bonds. The predicted molar refractivity (Wildman–Crippen MR) is 111 cm³/mol. The number of hydrogen-bond acceptors (Lipinski definition) is 6. The number of halogens is 1. The fraction of sp³-hybridized carbons (Fsp3) is 0.250. The van der Waals surface area contributed by atoms with Crippen LogP contribution < -0.4 is 25.0 Å². The Bertz CT molecular complexity index is 932. The lowest BCUT2D eigenvalue weighted by molar-refractivity contribution is -0.120. The Morgan fingerprint density at radius 2 is 2.03 bits per heavy atom. The van der Waals surface area contributed by atoms with Crippen LogP contribution in [0.15, 0.2) is 46.0 Å². The molecule has 0 saturated heterocycles. The Labute approximate surface area is 176 Å². The summed E-state index contributed by atoms with van der Waals surface area (Å²) in [6.45, 7) is 2.51. The van der Waals surface area contributed by atoms with Gasteiger partial charge in [-0.05, 0) is 42.8 Å². The second-order valence-corrected chi connectivity index (χ2v) is 6.99. The molecule has 29 heavy (non-hydrogen) atoms. The zero-order valence-electron chi connectivity index (χ0n) is 15.7. The van der Waals surface area contributed by atoms with E-state index in [0.717, 1.165) is 16.5 Å². The minimum absolute atomic E-state index is 0.129. The first-order valence-corrected chi connectivity index (χ1v) is 9.78. The normalized spacial score (nSPS) is 12.1. The van der Waals surface area contributed by atoms with Gasteiger partial charge in [0.2, 0.25) is 6.79 Å². The lowest BCUT2D eigenvalue weighted by Crippen LogP contribution is -2.34. The summed E-state index contributed by atoms with van der Waals surface area (Å²) in [5, 5.41) is 6.47. The monoisotopic (exact) mass is 461 g/mol. The lowest BCUT2D eigenvalue weighted by Gasteiger charge is -2.08. The van der Waals surface area contributed by atoms with Crippen LogP contribution in [-0.4, -0.2) is 38.0 Å². The van der Waals surface area contributed by atoms with E-state index in [1.165, 1.54) is 6.21 Å². The van der Waals surface area contributed by atoms with Crippen LogP contribution in [0.5, 0.6) is 17.2 Å². The summed E-state index contributed by atoms with van der Waals surface area (Å²) in [6, 6.07) is 10.4. The molecule has 2 aromatic rings. The number of ether oxygens (including phenoxy) is 3. The quantitative estimate of drug-likeness (QED) is 0.465. The molecule has 1 heterocycles. The molecule has 1 aliphatic heterocycles. The second kappa shape index (κ2) is 9.92. The van der Waals surface area contributed by atoms with E-state index in [4.69, 9.17) is 14.2 Å². The van der Waals surface area contributed by atoms with Gasteiger partial charge in [0, 0.05) is 15.6 Å². The van der Waals surface area contributed by atoms with Crippen LogP contribution in [0.1, 0.15) is 29.3 Å². The van der Waals surface area contributed by atoms with Gasteiger partial charge < -0.3 is 19.5 Å². The summed E-state index contributed by atoms with van der Waals surface area (Å²) in [6.07, 6.45) is 2.37. The number of hydrogen-bond donors (Lipinski definition) is 2. The van der Waals surface area contributed by atoms with Crippen molar-refractivity contribution in [3.8, 4) is 17.2 Å². The van der Waals surface area contributed by atoms with Gasteiger partial charge in [-0.3, -0.25) is 9.59 Å². The molecule has 0 bridgehead atoms. The highest BCUT2D eigenvalue weighted by atomic mass is 79.9. The maximum atomic E-state index is 12.2. The molecule has 0 aliphatic carbocycles. The second-order valence-electron chi connectivity index (χ2n) is 6.07. The number of carbonyl (C=O) groups is 2. The summed E-state index contributed by atoms with van der Waals surface area (Å²) < 4.78 is 17.0. The van der Waals surface area contributed by atoms with Crippen molar-refractivity contribution in [2.75, 3.05) is 19.9 Å². The number of hydrazone groups is 1. The van der Waals surface area contributed by atoms with Gasteiger partial charge in [0.1, 0.15) is 5.75 Å². The van der Waals surface area contributed by atoms with Gasteiger partial charge in [-0.1, -0.05) is 22.9 Å². The first-order valence-electron chi connectivity index (χ1n) is 8.99. The summed E-state index contributed by atoms with van der Waals surface area (Å²) in [5.41, 5.74) is 3.48. The molecule has 1 aliphatic rings. The van der Waals surface area contributed by atoms with Gasteiger partial charge in [0.05, 0.1) is 19.4 Å². The van der Waals surface area contributed by atoms with Crippen molar-refractivity contribution in [3.63, 3.8) is 0 Å². The number of rotatable bonds is 8. The van der Waals surface area contributed by atoms with E-state index in [-0.39, 0.29) is 13.3 Å². The molecule has 0 aromatic heterocycles. The number of nitrogens with zero attached hydrogens (tertiary/aromatic N) is 1. The number of carbonyl (C=O) groups excluding carboxylic acids is 2. The first kappa shape index (κ1) is 20.7. The number of fused-ring (bicyclic) bond motifs is 1. The zero-order valence-corrected chi connectivity index (χ0v) is 17.3. The van der Waals surface area contributed by atoms with Gasteiger partial charge in [-0.25, -0.2) is 5.43 Å². The summed E-state index contributed by atoms with van der Waals surface area (Å²) >= 11 is 3.40. The fourth-order valence-corrected chi connectivity index (χ4v) is 2.86. The third-order valence-corrected chi connectivity index (χ3v) is 4.36. The van der Waals surface area contributed by atoms with E-state index < -0.39 is 11.8 Å². The number of amides is 2. The average molecular weight is 462 g/mol. The highest BCUT2D eigenvalue weighted by Crippen LogP contribution is 2.32. The van der Waals surface area contributed by atoms with Crippen LogP contribution in [0, 0.1) is 0 Å². The standard InChI is InChI=1S/C20H20BrN3O5/c1-2-7-27-16-6-4-15(21)8-14(16)10-23-24-19(25)11-22-20(26)13-3-5-17-18(9-13)29-12-28-17/h3-6,8-10H,2,7,11-12H2,1H3,(H,22,26)(H,24,25)/b23-10-. The molecule has 2 aromatic carbocycles. The molecule has 152 valence electrons. The maximum Gasteiger partial charge on any atom is 0.259 e. The lowest BCUT2D eigenvalue weighted by atomic mass is 10.2. The van der Waals surface area contributed by atoms with Crippen molar-refractivity contribution in [2.45, 2.75) is 13.3 Å². The zero-order chi connectivity index (χ0) is 20.6.